The summed E-state index contributed by atoms with van der Waals surface area (Å²) in [5.74, 6) is -0.931. The maximum Gasteiger partial charge on any atom is 0.329 e. The maximum absolute atomic E-state index is 10.00. The van der Waals surface area contributed by atoms with Gasteiger partial charge < -0.3 is 10.8 Å². The summed E-state index contributed by atoms with van der Waals surface area (Å²) in [5, 5.41) is 11.8. The molecule has 0 saturated heterocycles. The fourth-order valence-corrected chi connectivity index (χ4v) is 0.500. The quantitative estimate of drug-likeness (QED) is 0.555. The van der Waals surface area contributed by atoms with E-state index in [0.717, 1.165) is 6.08 Å². The van der Waals surface area contributed by atoms with Gasteiger partial charge in [-0.3, -0.25) is 0 Å². The average molecular weight is 154 g/mol. The Labute approximate surface area is 62.0 Å². The van der Waals surface area contributed by atoms with Crippen LogP contribution in [0.3, 0.4) is 0 Å². The molecule has 0 fully saturated rings. The van der Waals surface area contributed by atoms with Crippen molar-refractivity contribution in [2.45, 2.75) is 0 Å². The van der Waals surface area contributed by atoms with E-state index in [1.165, 1.54) is 17.2 Å². The predicted octanol–water partition coefficient (Wildman–Crippen LogP) is -0.584. The highest BCUT2D eigenvalue weighted by Crippen LogP contribution is 1.89. The Kier molecular flexibility index (Phi) is 1.86. The molecule has 0 spiro atoms. The fourth-order valence-electron chi connectivity index (χ4n) is 0.500. The van der Waals surface area contributed by atoms with E-state index in [1.807, 2.05) is 0 Å². The molecule has 0 amide bonds. The Morgan fingerprint density at radius 2 is 2.55 bits per heavy atom. The molecule has 0 aliphatic rings. The number of carboxylic acids is 1. The molecule has 11 heavy (non-hydrogen) atoms. The van der Waals surface area contributed by atoms with E-state index >= 15 is 0 Å². The second kappa shape index (κ2) is 2.82. The van der Waals surface area contributed by atoms with Gasteiger partial charge in [-0.2, -0.15) is 0 Å². The molecule has 1 aromatic rings. The number of hydrogen-bond acceptors (Lipinski definition) is 4. The lowest BCUT2D eigenvalue weighted by molar-refractivity contribution is -0.131. The van der Waals surface area contributed by atoms with Gasteiger partial charge in [-0.1, -0.05) is 0 Å². The normalized spacial score (nSPS) is 10.5. The number of anilines is 1. The number of hydrogen-bond donors (Lipinski definition) is 2. The highest BCUT2D eigenvalue weighted by atomic mass is 16.4. The van der Waals surface area contributed by atoms with E-state index in [4.69, 9.17) is 10.8 Å². The molecule has 0 atom stereocenters. The van der Waals surface area contributed by atoms with Crippen LogP contribution in [0, 0.1) is 0 Å². The van der Waals surface area contributed by atoms with E-state index in [1.54, 1.807) is 0 Å². The minimum atomic E-state index is -1.04. The number of nitrogens with two attached hydrogens (primary N) is 1. The van der Waals surface area contributed by atoms with Crippen molar-refractivity contribution in [2.24, 2.45) is 0 Å². The third kappa shape index (κ3) is 2.09. The number of aliphatic carboxylic acids is 1. The molecule has 0 unspecified atom stereocenters. The lowest BCUT2D eigenvalue weighted by Crippen LogP contribution is -1.93. The third-order valence-corrected chi connectivity index (χ3v) is 0.896. The second-order valence-corrected chi connectivity index (χ2v) is 1.74. The summed E-state index contributed by atoms with van der Waals surface area (Å²) in [6, 6.07) is 0. The van der Waals surface area contributed by atoms with E-state index < -0.39 is 5.97 Å². The van der Waals surface area contributed by atoms with Crippen LogP contribution in [0.5, 0.6) is 0 Å². The molecule has 6 nitrogen and oxygen atoms in total. The van der Waals surface area contributed by atoms with Gasteiger partial charge in [-0.15, -0.1) is 5.10 Å². The van der Waals surface area contributed by atoms with E-state index in [2.05, 4.69) is 10.1 Å². The predicted molar refractivity (Wildman–Crippen MR) is 37.4 cm³/mol. The summed E-state index contributed by atoms with van der Waals surface area (Å²) in [6.45, 7) is 0. The first-order valence-electron chi connectivity index (χ1n) is 2.76. The Morgan fingerprint density at radius 3 is 3.00 bits per heavy atom. The Bertz CT molecular complexity index is 290. The van der Waals surface area contributed by atoms with Gasteiger partial charge in [0.05, 0.1) is 0 Å². The van der Waals surface area contributed by atoms with E-state index in [-0.39, 0.29) is 5.95 Å². The molecule has 0 aromatic carbocycles. The minimum absolute atomic E-state index is 0.111. The first kappa shape index (κ1) is 7.26. The summed E-state index contributed by atoms with van der Waals surface area (Å²) < 4.78 is 1.21. The standard InChI is InChI=1S/C5H6N4O2/c6-5-7-3-9(8-5)2-1-4(10)11/h1-3H,(H2,6,8)(H,10,11)/b2-1+. The zero-order chi connectivity index (χ0) is 8.27. The van der Waals surface area contributed by atoms with Crippen molar-refractivity contribution < 1.29 is 9.90 Å². The van der Waals surface area contributed by atoms with Gasteiger partial charge in [0.25, 0.3) is 0 Å². The van der Waals surface area contributed by atoms with Crippen LogP contribution in [0.2, 0.25) is 0 Å². The largest absolute Gasteiger partial charge is 0.478 e. The van der Waals surface area contributed by atoms with Crippen LogP contribution in [0.4, 0.5) is 5.95 Å². The molecule has 0 saturated carbocycles. The smallest absolute Gasteiger partial charge is 0.329 e. The highest BCUT2D eigenvalue weighted by Gasteiger charge is 1.91. The van der Waals surface area contributed by atoms with Gasteiger partial charge in [0.2, 0.25) is 5.95 Å². The summed E-state index contributed by atoms with van der Waals surface area (Å²) in [4.78, 5) is 13.6. The van der Waals surface area contributed by atoms with Gasteiger partial charge in [0.15, 0.2) is 0 Å². The zero-order valence-electron chi connectivity index (χ0n) is 5.51. The van der Waals surface area contributed by atoms with Crippen LogP contribution in [-0.2, 0) is 4.79 Å². The summed E-state index contributed by atoms with van der Waals surface area (Å²) in [7, 11) is 0. The van der Waals surface area contributed by atoms with Crippen LogP contribution < -0.4 is 5.73 Å². The molecule has 58 valence electrons. The van der Waals surface area contributed by atoms with Gasteiger partial charge in [-0.25, -0.2) is 14.5 Å². The molecule has 3 N–H and O–H groups in total. The Balaban J connectivity index is 2.71. The lowest BCUT2D eigenvalue weighted by atomic mass is 10.6. The SMILES string of the molecule is Nc1ncn(/C=C/C(=O)O)n1. The van der Waals surface area contributed by atoms with Gasteiger partial charge in [0.1, 0.15) is 6.33 Å². The molecule has 6 heteroatoms. The molecule has 0 aliphatic carbocycles. The van der Waals surface area contributed by atoms with Gasteiger partial charge in [-0.05, 0) is 0 Å². The van der Waals surface area contributed by atoms with Crippen molar-refractivity contribution in [3.8, 4) is 0 Å². The van der Waals surface area contributed by atoms with Crippen LogP contribution >= 0.6 is 0 Å². The zero-order valence-corrected chi connectivity index (χ0v) is 5.51. The van der Waals surface area contributed by atoms with E-state index in [9.17, 15) is 4.79 Å². The number of carboxylic acid groups (broad SMARTS) is 1. The monoisotopic (exact) mass is 154 g/mol. The van der Waals surface area contributed by atoms with Crippen LogP contribution in [0.1, 0.15) is 0 Å². The molecule has 1 heterocycles. The fraction of sp³-hybridized carbons (Fsp3) is 0. The van der Waals surface area contributed by atoms with Gasteiger partial charge >= 0.3 is 5.97 Å². The van der Waals surface area contributed by atoms with Crippen molar-refractivity contribution in [1.29, 1.82) is 0 Å². The Morgan fingerprint density at radius 1 is 1.82 bits per heavy atom. The second-order valence-electron chi connectivity index (χ2n) is 1.74. The third-order valence-electron chi connectivity index (χ3n) is 0.896. The van der Waals surface area contributed by atoms with Crippen molar-refractivity contribution in [1.82, 2.24) is 14.8 Å². The highest BCUT2D eigenvalue weighted by molar-refractivity contribution is 5.82. The molecular weight excluding hydrogens is 148 g/mol. The first-order valence-corrected chi connectivity index (χ1v) is 2.76. The number of aromatic nitrogens is 3. The maximum atomic E-state index is 10.00. The molecular formula is C5H6N4O2. The van der Waals surface area contributed by atoms with Crippen molar-refractivity contribution in [3.63, 3.8) is 0 Å². The van der Waals surface area contributed by atoms with Crippen LogP contribution in [-0.4, -0.2) is 25.8 Å². The number of nitrogen functional groups attached to an aromatic ring is 1. The average Bonchev–Trinajstić information content (AvgIpc) is 2.31. The molecule has 0 radical (unpaired) electrons. The van der Waals surface area contributed by atoms with Crippen molar-refractivity contribution in [3.05, 3.63) is 12.4 Å². The summed E-state index contributed by atoms with van der Waals surface area (Å²) in [5.41, 5.74) is 5.16. The first-order chi connectivity index (χ1) is 5.18. The number of nitrogens with zero attached hydrogens (tertiary/aromatic N) is 3. The van der Waals surface area contributed by atoms with Gasteiger partial charge in [0, 0.05) is 12.3 Å². The van der Waals surface area contributed by atoms with Crippen LogP contribution in [0.15, 0.2) is 12.4 Å². The van der Waals surface area contributed by atoms with E-state index in [0.29, 0.717) is 0 Å². The summed E-state index contributed by atoms with van der Waals surface area (Å²) in [6.07, 6.45) is 3.49. The van der Waals surface area contributed by atoms with Crippen molar-refractivity contribution >= 4 is 18.1 Å². The van der Waals surface area contributed by atoms with Crippen LogP contribution in [0.25, 0.3) is 6.20 Å². The molecule has 0 aliphatic heterocycles. The molecule has 0 bridgehead atoms. The summed E-state index contributed by atoms with van der Waals surface area (Å²) >= 11 is 0. The minimum Gasteiger partial charge on any atom is -0.478 e. The lowest BCUT2D eigenvalue weighted by Gasteiger charge is -1.84. The topological polar surface area (TPSA) is 94.0 Å². The molecule has 1 aromatic heterocycles. The number of rotatable bonds is 2. The number of carbonyl (C=O) groups is 1. The van der Waals surface area contributed by atoms with Crippen molar-refractivity contribution in [2.75, 3.05) is 5.73 Å². The molecule has 1 rings (SSSR count). The Hall–Kier alpha value is -1.85.